The lowest BCUT2D eigenvalue weighted by Gasteiger charge is -2.18. The number of hydrogen-bond acceptors (Lipinski definition) is 6. The zero-order chi connectivity index (χ0) is 53.6. The Morgan fingerprint density at radius 2 is 0.554 bits per heavy atom. The van der Waals surface area contributed by atoms with Crippen molar-refractivity contribution in [3.8, 4) is 0 Å². The smallest absolute Gasteiger partial charge is 0.306 e. The topological polar surface area (TPSA) is 78.9 Å². The molecule has 1 atom stereocenters. The lowest BCUT2D eigenvalue weighted by Crippen LogP contribution is -2.30. The van der Waals surface area contributed by atoms with Crippen molar-refractivity contribution in [2.45, 2.75) is 329 Å². The molecule has 0 saturated heterocycles. The molecule has 0 amide bonds. The van der Waals surface area contributed by atoms with Crippen molar-refractivity contribution in [2.24, 2.45) is 0 Å². The molecule has 0 aliphatic carbocycles. The second-order valence-corrected chi connectivity index (χ2v) is 21.3. The average molecular weight is 1030 g/mol. The highest BCUT2D eigenvalue weighted by Gasteiger charge is 2.19. The Bertz CT molecular complexity index is 1370. The Balaban J connectivity index is 4.20. The average Bonchev–Trinajstić information content (AvgIpc) is 3.40. The first kappa shape index (κ1) is 70.8. The van der Waals surface area contributed by atoms with Gasteiger partial charge in [0.05, 0.1) is 0 Å². The third-order valence-corrected chi connectivity index (χ3v) is 13.9. The van der Waals surface area contributed by atoms with Crippen LogP contribution in [-0.4, -0.2) is 37.2 Å². The van der Waals surface area contributed by atoms with Crippen molar-refractivity contribution < 1.29 is 28.6 Å². The summed E-state index contributed by atoms with van der Waals surface area (Å²) in [4.78, 5) is 38.2. The van der Waals surface area contributed by atoms with E-state index in [1.54, 1.807) is 0 Å². The number of unbranched alkanes of at least 4 members (excludes halogenated alkanes) is 35. The van der Waals surface area contributed by atoms with E-state index in [1.165, 1.54) is 186 Å². The van der Waals surface area contributed by atoms with E-state index in [2.05, 4.69) is 93.7 Å². The van der Waals surface area contributed by atoms with Gasteiger partial charge in [0.1, 0.15) is 13.2 Å². The van der Waals surface area contributed by atoms with Gasteiger partial charge < -0.3 is 14.2 Å². The van der Waals surface area contributed by atoms with Crippen LogP contribution in [0.25, 0.3) is 0 Å². The highest BCUT2D eigenvalue weighted by Crippen LogP contribution is 2.17. The zero-order valence-electron chi connectivity index (χ0n) is 49.1. The summed E-state index contributed by atoms with van der Waals surface area (Å²) in [6.45, 7) is 6.49. The molecule has 0 aliphatic heterocycles. The van der Waals surface area contributed by atoms with Crippen LogP contribution < -0.4 is 0 Å². The van der Waals surface area contributed by atoms with Gasteiger partial charge in [-0.25, -0.2) is 0 Å². The van der Waals surface area contributed by atoms with Gasteiger partial charge in [-0.1, -0.05) is 273 Å². The van der Waals surface area contributed by atoms with E-state index in [0.29, 0.717) is 19.3 Å². The maximum atomic E-state index is 12.9. The number of carbonyl (C=O) groups is 3. The molecule has 0 bridgehead atoms. The molecule has 0 aromatic carbocycles. The third-order valence-electron chi connectivity index (χ3n) is 13.9. The Labute approximate surface area is 459 Å². The standard InChI is InChI=1S/C68H120O6/c1-4-7-10-13-16-19-22-24-26-28-30-31-32-33-34-35-36-37-39-40-42-44-46-49-52-55-58-61-67(70)73-64-65(63-72-66(69)60-57-54-51-48-21-18-15-12-9-6-3)74-68(71)62-59-56-53-50-47-45-43-41-38-29-27-25-23-20-17-14-11-8-5-2/h7,10,12,15-16,19,24-27,30-31,65H,4-6,8-9,11,13-14,17-18,20-23,28-29,32-64H2,1-3H3/b10-7-,15-12-,19-16-,26-24-,27-25-,31-30-. The van der Waals surface area contributed by atoms with E-state index < -0.39 is 6.10 Å². The summed E-state index contributed by atoms with van der Waals surface area (Å²) in [6.07, 6.45) is 80.6. The van der Waals surface area contributed by atoms with Crippen LogP contribution in [-0.2, 0) is 28.6 Å². The molecule has 0 heterocycles. The van der Waals surface area contributed by atoms with E-state index in [0.717, 1.165) is 96.3 Å². The number of ether oxygens (including phenoxy) is 3. The predicted molar refractivity (Wildman–Crippen MR) is 321 cm³/mol. The van der Waals surface area contributed by atoms with Crippen LogP contribution in [0, 0.1) is 0 Å². The molecule has 6 heteroatoms. The maximum Gasteiger partial charge on any atom is 0.306 e. The van der Waals surface area contributed by atoms with Crippen molar-refractivity contribution in [2.75, 3.05) is 13.2 Å². The van der Waals surface area contributed by atoms with Crippen LogP contribution in [0.15, 0.2) is 72.9 Å². The number of rotatable bonds is 58. The van der Waals surface area contributed by atoms with E-state index in [1.807, 2.05) is 0 Å². The minimum Gasteiger partial charge on any atom is -0.462 e. The van der Waals surface area contributed by atoms with E-state index in [9.17, 15) is 14.4 Å². The molecule has 0 rings (SSSR count). The fourth-order valence-corrected chi connectivity index (χ4v) is 9.14. The molecule has 428 valence electrons. The molecule has 0 aliphatic rings. The van der Waals surface area contributed by atoms with E-state index in [-0.39, 0.29) is 31.1 Å². The van der Waals surface area contributed by atoms with Gasteiger partial charge in [0.25, 0.3) is 0 Å². The fraction of sp³-hybridized carbons (Fsp3) is 0.779. The summed E-state index contributed by atoms with van der Waals surface area (Å²) in [6, 6.07) is 0. The Hall–Kier alpha value is -3.15. The third kappa shape index (κ3) is 59.7. The SMILES string of the molecule is CC/C=C\C/C=C\C/C=C\C/C=C\CCCCCCCCCCCCCCCCC(=O)OCC(COC(=O)CCCCCCC/C=C\CCC)OC(=O)CCCCCCCCCCC/C=C\CCCCCCCC. The van der Waals surface area contributed by atoms with Gasteiger partial charge in [-0.05, 0) is 103 Å². The molecule has 0 aromatic rings. The molecule has 0 saturated carbocycles. The lowest BCUT2D eigenvalue weighted by molar-refractivity contribution is -0.167. The van der Waals surface area contributed by atoms with Crippen LogP contribution in [0.4, 0.5) is 0 Å². The second-order valence-electron chi connectivity index (χ2n) is 21.3. The first-order chi connectivity index (χ1) is 36.5. The van der Waals surface area contributed by atoms with Crippen molar-refractivity contribution >= 4 is 17.9 Å². The number of carbonyl (C=O) groups excluding carboxylic acids is 3. The molecule has 0 radical (unpaired) electrons. The second kappa shape index (κ2) is 62.4. The normalized spacial score (nSPS) is 12.5. The monoisotopic (exact) mass is 1030 g/mol. The van der Waals surface area contributed by atoms with E-state index >= 15 is 0 Å². The van der Waals surface area contributed by atoms with Crippen molar-refractivity contribution in [3.05, 3.63) is 72.9 Å². The van der Waals surface area contributed by atoms with Crippen molar-refractivity contribution in [1.82, 2.24) is 0 Å². The van der Waals surface area contributed by atoms with Gasteiger partial charge >= 0.3 is 17.9 Å². The Kier molecular flexibility index (Phi) is 59.7. The molecule has 74 heavy (non-hydrogen) atoms. The first-order valence-electron chi connectivity index (χ1n) is 31.9. The minimum atomic E-state index is -0.779. The Morgan fingerprint density at radius 1 is 0.284 bits per heavy atom. The summed E-state index contributed by atoms with van der Waals surface area (Å²) < 4.78 is 16.9. The van der Waals surface area contributed by atoms with Crippen LogP contribution in [0.3, 0.4) is 0 Å². The summed E-state index contributed by atoms with van der Waals surface area (Å²) >= 11 is 0. The lowest BCUT2D eigenvalue weighted by atomic mass is 10.0. The number of hydrogen-bond donors (Lipinski definition) is 0. The number of allylic oxidation sites excluding steroid dienone is 12. The van der Waals surface area contributed by atoms with Crippen LogP contribution in [0.1, 0.15) is 323 Å². The molecule has 1 unspecified atom stereocenters. The van der Waals surface area contributed by atoms with Crippen LogP contribution >= 0.6 is 0 Å². The molecular formula is C68H120O6. The molecule has 0 N–H and O–H groups in total. The fourth-order valence-electron chi connectivity index (χ4n) is 9.14. The molecule has 6 nitrogen and oxygen atoms in total. The quantitative estimate of drug-likeness (QED) is 0.0261. The molecule has 0 spiro atoms. The minimum absolute atomic E-state index is 0.0767. The number of esters is 3. The van der Waals surface area contributed by atoms with Crippen LogP contribution in [0.2, 0.25) is 0 Å². The Morgan fingerprint density at radius 3 is 0.892 bits per heavy atom. The summed E-state index contributed by atoms with van der Waals surface area (Å²) in [5.41, 5.74) is 0. The van der Waals surface area contributed by atoms with Crippen molar-refractivity contribution in [1.29, 1.82) is 0 Å². The first-order valence-corrected chi connectivity index (χ1v) is 31.9. The van der Waals surface area contributed by atoms with Gasteiger partial charge in [0, 0.05) is 19.3 Å². The van der Waals surface area contributed by atoms with Gasteiger partial charge in [-0.2, -0.15) is 0 Å². The molecule has 0 fully saturated rings. The van der Waals surface area contributed by atoms with Crippen LogP contribution in [0.5, 0.6) is 0 Å². The molecular weight excluding hydrogens is 913 g/mol. The maximum absolute atomic E-state index is 12.9. The predicted octanol–water partition coefficient (Wildman–Crippen LogP) is 21.7. The summed E-state index contributed by atoms with van der Waals surface area (Å²) in [7, 11) is 0. The van der Waals surface area contributed by atoms with E-state index in [4.69, 9.17) is 14.2 Å². The van der Waals surface area contributed by atoms with Gasteiger partial charge in [0.2, 0.25) is 0 Å². The van der Waals surface area contributed by atoms with Gasteiger partial charge in [0.15, 0.2) is 6.10 Å². The largest absolute Gasteiger partial charge is 0.462 e. The highest BCUT2D eigenvalue weighted by atomic mass is 16.6. The summed E-state index contributed by atoms with van der Waals surface area (Å²) in [5, 5.41) is 0. The van der Waals surface area contributed by atoms with Gasteiger partial charge in [-0.15, -0.1) is 0 Å². The molecule has 0 aromatic heterocycles. The summed E-state index contributed by atoms with van der Waals surface area (Å²) in [5.74, 6) is -0.877. The van der Waals surface area contributed by atoms with Crippen molar-refractivity contribution in [3.63, 3.8) is 0 Å². The zero-order valence-corrected chi connectivity index (χ0v) is 49.1. The van der Waals surface area contributed by atoms with Gasteiger partial charge in [-0.3, -0.25) is 14.4 Å². The highest BCUT2D eigenvalue weighted by molar-refractivity contribution is 5.71.